The van der Waals surface area contributed by atoms with E-state index in [1.54, 1.807) is 15.5 Å². The van der Waals surface area contributed by atoms with Crippen molar-refractivity contribution in [3.63, 3.8) is 0 Å². The van der Waals surface area contributed by atoms with Crippen LogP contribution in [0.15, 0.2) is 48.9 Å². The second-order valence-corrected chi connectivity index (χ2v) is 10.0. The summed E-state index contributed by atoms with van der Waals surface area (Å²) >= 11 is 0. The molecule has 3 atom stereocenters. The molecule has 2 amide bonds. The first-order valence-corrected chi connectivity index (χ1v) is 12.8. The number of cyclic esters (lactones) is 1. The second kappa shape index (κ2) is 9.71. The molecule has 2 saturated heterocycles. The Labute approximate surface area is 230 Å². The van der Waals surface area contributed by atoms with Crippen LogP contribution in [0.2, 0.25) is 0 Å². The molecule has 5 heterocycles. The quantitative estimate of drug-likeness (QED) is 0.336. The van der Waals surface area contributed by atoms with Crippen LogP contribution in [0.1, 0.15) is 47.4 Å². The number of benzene rings is 1. The normalized spacial score (nSPS) is 20.7. The number of amides is 2. The predicted octanol–water partition coefficient (Wildman–Crippen LogP) is 4.87. The van der Waals surface area contributed by atoms with Gasteiger partial charge in [0.05, 0.1) is 11.6 Å². The van der Waals surface area contributed by atoms with Crippen molar-refractivity contribution < 1.29 is 31.9 Å². The zero-order valence-corrected chi connectivity index (χ0v) is 21.5. The Morgan fingerprint density at radius 2 is 1.95 bits per heavy atom. The van der Waals surface area contributed by atoms with Crippen molar-refractivity contribution in [2.45, 2.75) is 44.0 Å². The number of pyridine rings is 1. The van der Waals surface area contributed by atoms with Gasteiger partial charge >= 0.3 is 12.3 Å². The number of nitrogens with two attached hydrogens (primary N) is 1. The molecule has 0 spiro atoms. The molecule has 4 aromatic rings. The molecule has 41 heavy (non-hydrogen) atoms. The van der Waals surface area contributed by atoms with Crippen molar-refractivity contribution >= 4 is 29.2 Å². The Hall–Kier alpha value is -4.75. The van der Waals surface area contributed by atoms with Gasteiger partial charge in [0.15, 0.2) is 0 Å². The molecule has 1 aromatic carbocycles. The Balaban J connectivity index is 1.31. The number of carbonyl (C=O) groups is 2. The number of alkyl halides is 3. The summed E-state index contributed by atoms with van der Waals surface area (Å²) in [5, 5.41) is 2.26. The first-order chi connectivity index (χ1) is 19.5. The van der Waals surface area contributed by atoms with Crippen LogP contribution in [0.4, 0.5) is 34.0 Å². The lowest BCUT2D eigenvalue weighted by Crippen LogP contribution is -2.43. The lowest BCUT2D eigenvalue weighted by atomic mass is 9.91. The minimum absolute atomic E-state index is 0.0153. The smallest absolute Gasteiger partial charge is 0.416 e. The van der Waals surface area contributed by atoms with Crippen LogP contribution in [0.5, 0.6) is 0 Å². The number of imidazole rings is 1. The zero-order valence-electron chi connectivity index (χ0n) is 21.5. The summed E-state index contributed by atoms with van der Waals surface area (Å²) in [4.78, 5) is 39.4. The van der Waals surface area contributed by atoms with Crippen molar-refractivity contribution in [3.8, 4) is 11.3 Å². The van der Waals surface area contributed by atoms with Gasteiger partial charge in [-0.2, -0.15) is 13.2 Å². The van der Waals surface area contributed by atoms with Crippen LogP contribution in [-0.4, -0.2) is 54.9 Å². The maximum atomic E-state index is 15.5. The molecule has 14 heteroatoms. The molecule has 3 aromatic heterocycles. The number of piperidine rings is 1. The standard InChI is InChI=1S/C27H23F4N7O3/c1-13-19-5-3-15(12-38(19)26(40)41-13)24-36-21(22-23(32)34-8-9-37(22)24)17-4-2-14(10-18(17)28)25(39)35-20-11-16(6-7-33-20)27(29,30)31/h2,4,6-11,13,15,19H,3,5,12H2,1H3,(H2,32,34)(H,33,35,39)/t13-,15+,19-/m0/s1. The summed E-state index contributed by atoms with van der Waals surface area (Å²) in [5.41, 5.74) is 5.68. The maximum Gasteiger partial charge on any atom is 0.416 e. The first kappa shape index (κ1) is 26.5. The van der Waals surface area contributed by atoms with E-state index < -0.39 is 23.5 Å². The highest BCUT2D eigenvalue weighted by molar-refractivity contribution is 6.04. The molecule has 0 unspecified atom stereocenters. The molecular weight excluding hydrogens is 546 g/mol. The Morgan fingerprint density at radius 3 is 2.71 bits per heavy atom. The fourth-order valence-electron chi connectivity index (χ4n) is 5.48. The number of hydrogen-bond acceptors (Lipinski definition) is 7. The van der Waals surface area contributed by atoms with E-state index in [2.05, 4.69) is 15.3 Å². The average molecular weight is 570 g/mol. The van der Waals surface area contributed by atoms with Crippen molar-refractivity contribution in [2.75, 3.05) is 17.6 Å². The van der Waals surface area contributed by atoms with Gasteiger partial charge in [-0.1, -0.05) is 0 Å². The van der Waals surface area contributed by atoms with Crippen LogP contribution in [0, 0.1) is 5.82 Å². The van der Waals surface area contributed by atoms with Gasteiger partial charge < -0.3 is 20.7 Å². The molecule has 0 bridgehead atoms. The van der Waals surface area contributed by atoms with Gasteiger partial charge in [0.25, 0.3) is 5.91 Å². The largest absolute Gasteiger partial charge is 0.444 e. The number of nitrogen functional groups attached to an aromatic ring is 1. The van der Waals surface area contributed by atoms with Crippen LogP contribution in [-0.2, 0) is 10.9 Å². The lowest BCUT2D eigenvalue weighted by molar-refractivity contribution is -0.137. The monoisotopic (exact) mass is 569 g/mol. The van der Waals surface area contributed by atoms with Crippen molar-refractivity contribution in [1.29, 1.82) is 0 Å². The highest BCUT2D eigenvalue weighted by Gasteiger charge is 2.44. The second-order valence-electron chi connectivity index (χ2n) is 10.0. The third-order valence-corrected chi connectivity index (χ3v) is 7.48. The zero-order chi connectivity index (χ0) is 29.1. The molecule has 0 aliphatic carbocycles. The van der Waals surface area contributed by atoms with Gasteiger partial charge in [-0.05, 0) is 50.1 Å². The summed E-state index contributed by atoms with van der Waals surface area (Å²) in [6.07, 6.45) is 0.308. The molecule has 2 aliphatic rings. The number of fused-ring (bicyclic) bond motifs is 2. The number of ether oxygens (including phenoxy) is 1. The summed E-state index contributed by atoms with van der Waals surface area (Å²) in [5.74, 6) is -1.47. The Morgan fingerprint density at radius 1 is 1.15 bits per heavy atom. The van der Waals surface area contributed by atoms with E-state index >= 15 is 4.39 Å². The molecule has 0 saturated carbocycles. The number of carbonyl (C=O) groups excluding carboxylic acids is 2. The van der Waals surface area contributed by atoms with Gasteiger partial charge in [0.1, 0.15) is 40.6 Å². The maximum absolute atomic E-state index is 15.5. The average Bonchev–Trinajstić information content (AvgIpc) is 3.46. The third kappa shape index (κ3) is 4.68. The van der Waals surface area contributed by atoms with Crippen molar-refractivity contribution in [3.05, 3.63) is 71.7 Å². The molecule has 6 rings (SSSR count). The summed E-state index contributed by atoms with van der Waals surface area (Å²) in [7, 11) is 0. The van der Waals surface area contributed by atoms with E-state index in [0.717, 1.165) is 18.3 Å². The number of hydrogen-bond donors (Lipinski definition) is 2. The summed E-state index contributed by atoms with van der Waals surface area (Å²) in [6.45, 7) is 2.24. The summed E-state index contributed by atoms with van der Waals surface area (Å²) in [6, 6.07) is 5.08. The first-order valence-electron chi connectivity index (χ1n) is 12.8. The van der Waals surface area contributed by atoms with Gasteiger partial charge in [0.2, 0.25) is 0 Å². The number of halogens is 4. The minimum Gasteiger partial charge on any atom is -0.444 e. The predicted molar refractivity (Wildman–Crippen MR) is 138 cm³/mol. The fourth-order valence-corrected chi connectivity index (χ4v) is 5.48. The molecular formula is C27H23F4N7O3. The summed E-state index contributed by atoms with van der Waals surface area (Å²) < 4.78 is 61.6. The highest BCUT2D eigenvalue weighted by Crippen LogP contribution is 2.38. The van der Waals surface area contributed by atoms with E-state index in [1.807, 2.05) is 6.92 Å². The molecule has 212 valence electrons. The molecule has 10 nitrogen and oxygen atoms in total. The van der Waals surface area contributed by atoms with Crippen LogP contribution >= 0.6 is 0 Å². The van der Waals surface area contributed by atoms with E-state index in [4.69, 9.17) is 15.5 Å². The van der Waals surface area contributed by atoms with Crippen LogP contribution in [0.3, 0.4) is 0 Å². The topological polar surface area (TPSA) is 128 Å². The van der Waals surface area contributed by atoms with Gasteiger partial charge in [0, 0.05) is 42.2 Å². The van der Waals surface area contributed by atoms with Crippen molar-refractivity contribution in [2.24, 2.45) is 0 Å². The van der Waals surface area contributed by atoms with Crippen molar-refractivity contribution in [1.82, 2.24) is 24.3 Å². The Bertz CT molecular complexity index is 1690. The lowest BCUT2D eigenvalue weighted by Gasteiger charge is -2.33. The molecule has 2 fully saturated rings. The van der Waals surface area contributed by atoms with Gasteiger partial charge in [-0.25, -0.2) is 24.1 Å². The Kier molecular flexibility index (Phi) is 6.27. The van der Waals surface area contributed by atoms with E-state index in [1.165, 1.54) is 18.3 Å². The van der Waals surface area contributed by atoms with E-state index in [0.29, 0.717) is 36.8 Å². The molecule has 3 N–H and O–H groups in total. The van der Waals surface area contributed by atoms with Crippen LogP contribution < -0.4 is 11.1 Å². The number of nitrogens with zero attached hydrogens (tertiary/aromatic N) is 5. The minimum atomic E-state index is -4.62. The highest BCUT2D eigenvalue weighted by atomic mass is 19.4. The number of aromatic nitrogens is 4. The molecule has 2 aliphatic heterocycles. The SMILES string of the molecule is C[C@@H]1OC(=O)N2C[C@H](c3nc(-c4ccc(C(=O)Nc5cc(C(F)(F)F)ccn5)cc4F)c4c(N)nccn34)CC[C@@H]12. The van der Waals surface area contributed by atoms with Gasteiger partial charge in [-0.15, -0.1) is 0 Å². The molecule has 0 radical (unpaired) electrons. The van der Waals surface area contributed by atoms with Crippen LogP contribution in [0.25, 0.3) is 16.8 Å². The fraction of sp³-hybridized carbons (Fsp3) is 0.296. The number of anilines is 2. The third-order valence-electron chi connectivity index (χ3n) is 7.48. The van der Waals surface area contributed by atoms with E-state index in [9.17, 15) is 22.8 Å². The number of nitrogens with one attached hydrogen (secondary N) is 1. The van der Waals surface area contributed by atoms with Gasteiger partial charge in [-0.3, -0.25) is 9.20 Å². The van der Waals surface area contributed by atoms with E-state index in [-0.39, 0.29) is 52.6 Å². The number of rotatable bonds is 4.